The highest BCUT2D eigenvalue weighted by Crippen LogP contribution is 2.12. The SMILES string of the molecule is O=S(=O)(NCC=S)c1cncs1. The fourth-order valence-corrected chi connectivity index (χ4v) is 2.55. The number of hydrogen-bond donors (Lipinski definition) is 1. The summed E-state index contributed by atoms with van der Waals surface area (Å²) in [5.41, 5.74) is 1.46. The summed E-state index contributed by atoms with van der Waals surface area (Å²) in [6, 6.07) is 0. The molecule has 4 nitrogen and oxygen atoms in total. The molecule has 0 saturated carbocycles. The number of nitrogens with zero attached hydrogens (tertiary/aromatic N) is 1. The van der Waals surface area contributed by atoms with Crippen molar-refractivity contribution in [2.24, 2.45) is 0 Å². The Labute approximate surface area is 79.7 Å². The van der Waals surface area contributed by atoms with Crippen molar-refractivity contribution in [3.8, 4) is 0 Å². The number of thiocarbonyl (C=S) groups is 1. The van der Waals surface area contributed by atoms with Crippen LogP contribution in [0.3, 0.4) is 0 Å². The predicted octanol–water partition coefficient (Wildman–Crippen LogP) is 0.421. The Balaban J connectivity index is 2.80. The molecule has 0 aliphatic heterocycles. The molecule has 0 radical (unpaired) electrons. The van der Waals surface area contributed by atoms with Gasteiger partial charge >= 0.3 is 0 Å². The monoisotopic (exact) mass is 222 g/mol. The molecule has 0 unspecified atom stereocenters. The predicted molar refractivity (Wildman–Crippen MR) is 51.0 cm³/mol. The number of aromatic nitrogens is 1. The van der Waals surface area contributed by atoms with Crippen LogP contribution in [0.2, 0.25) is 0 Å². The highest BCUT2D eigenvalue weighted by atomic mass is 32.2. The summed E-state index contributed by atoms with van der Waals surface area (Å²) in [5.74, 6) is 0. The highest BCUT2D eigenvalue weighted by Gasteiger charge is 2.13. The molecule has 1 N–H and O–H groups in total. The summed E-state index contributed by atoms with van der Waals surface area (Å²) in [5, 5.41) is 1.32. The zero-order chi connectivity index (χ0) is 9.03. The lowest BCUT2D eigenvalue weighted by Crippen LogP contribution is -2.24. The number of thiazole rings is 1. The van der Waals surface area contributed by atoms with Crippen molar-refractivity contribution in [1.82, 2.24) is 9.71 Å². The van der Waals surface area contributed by atoms with Crippen LogP contribution in [-0.4, -0.2) is 25.3 Å². The topological polar surface area (TPSA) is 59.1 Å². The van der Waals surface area contributed by atoms with Gasteiger partial charge in [-0.15, -0.1) is 11.3 Å². The summed E-state index contributed by atoms with van der Waals surface area (Å²) in [6.45, 7) is 0.162. The van der Waals surface area contributed by atoms with Gasteiger partial charge in [0.25, 0.3) is 10.0 Å². The molecule has 1 aromatic rings. The number of nitrogens with one attached hydrogen (secondary N) is 1. The molecule has 0 aromatic carbocycles. The minimum absolute atomic E-state index is 0.162. The van der Waals surface area contributed by atoms with E-state index in [1.54, 1.807) is 0 Å². The molecule has 0 bridgehead atoms. The van der Waals surface area contributed by atoms with Gasteiger partial charge in [0.2, 0.25) is 0 Å². The van der Waals surface area contributed by atoms with E-state index in [0.29, 0.717) is 0 Å². The standard InChI is InChI=1S/C5H6N2O2S3/c8-12(9,7-1-2-10)5-3-6-4-11-5/h2-4,7H,1H2. The largest absolute Gasteiger partial charge is 0.252 e. The molecule has 0 atom stereocenters. The first-order chi connectivity index (χ1) is 5.67. The molecule has 1 heterocycles. The van der Waals surface area contributed by atoms with Crippen molar-refractivity contribution >= 4 is 38.9 Å². The van der Waals surface area contributed by atoms with E-state index in [1.165, 1.54) is 17.1 Å². The second-order valence-corrected chi connectivity index (χ2v) is 5.05. The van der Waals surface area contributed by atoms with Gasteiger partial charge in [0, 0.05) is 6.54 Å². The Kier molecular flexibility index (Phi) is 3.27. The Morgan fingerprint density at radius 1 is 1.75 bits per heavy atom. The van der Waals surface area contributed by atoms with Crippen LogP contribution in [-0.2, 0) is 10.0 Å². The molecule has 0 aliphatic carbocycles. The molecule has 0 amide bonds. The molecule has 0 fully saturated rings. The van der Waals surface area contributed by atoms with E-state index >= 15 is 0 Å². The van der Waals surface area contributed by atoms with Crippen LogP contribution in [0.5, 0.6) is 0 Å². The first kappa shape index (κ1) is 9.72. The molecule has 12 heavy (non-hydrogen) atoms. The third-order valence-corrected chi connectivity index (χ3v) is 3.89. The first-order valence-corrected chi connectivity index (χ1v) is 5.82. The summed E-state index contributed by atoms with van der Waals surface area (Å²) in [7, 11) is -3.37. The van der Waals surface area contributed by atoms with Gasteiger partial charge in [-0.2, -0.15) is 0 Å². The second kappa shape index (κ2) is 4.04. The van der Waals surface area contributed by atoms with Crippen LogP contribution >= 0.6 is 23.6 Å². The van der Waals surface area contributed by atoms with Gasteiger partial charge in [0.1, 0.15) is 0 Å². The zero-order valence-corrected chi connectivity index (χ0v) is 8.38. The van der Waals surface area contributed by atoms with E-state index in [9.17, 15) is 8.42 Å². The van der Waals surface area contributed by atoms with Crippen LogP contribution in [0.1, 0.15) is 0 Å². The van der Waals surface area contributed by atoms with Crippen molar-refractivity contribution < 1.29 is 8.42 Å². The third kappa shape index (κ3) is 2.31. The Bertz CT molecular complexity index is 343. The Hall–Kier alpha value is -0.370. The maximum Gasteiger partial charge on any atom is 0.251 e. The highest BCUT2D eigenvalue weighted by molar-refractivity contribution is 7.91. The van der Waals surface area contributed by atoms with Gasteiger partial charge in [-0.3, -0.25) is 4.98 Å². The van der Waals surface area contributed by atoms with Gasteiger partial charge in [0.15, 0.2) is 4.21 Å². The van der Waals surface area contributed by atoms with Crippen molar-refractivity contribution in [3.05, 3.63) is 11.7 Å². The maximum atomic E-state index is 11.2. The lowest BCUT2D eigenvalue weighted by atomic mass is 10.8. The fraction of sp³-hybridized carbons (Fsp3) is 0.200. The van der Waals surface area contributed by atoms with Gasteiger partial charge in [0.05, 0.1) is 11.7 Å². The smallest absolute Gasteiger partial charge is 0.251 e. The molecule has 0 aliphatic rings. The van der Waals surface area contributed by atoms with E-state index < -0.39 is 10.0 Å². The third-order valence-electron chi connectivity index (χ3n) is 1.03. The van der Waals surface area contributed by atoms with Crippen LogP contribution < -0.4 is 4.72 Å². The summed E-state index contributed by atoms with van der Waals surface area (Å²) >= 11 is 5.56. The zero-order valence-electron chi connectivity index (χ0n) is 5.93. The maximum absolute atomic E-state index is 11.2. The van der Waals surface area contributed by atoms with Crippen LogP contribution in [0, 0.1) is 0 Å². The van der Waals surface area contributed by atoms with Crippen molar-refractivity contribution in [3.63, 3.8) is 0 Å². The molecule has 0 spiro atoms. The molecule has 7 heteroatoms. The average molecular weight is 222 g/mol. The number of rotatable bonds is 4. The van der Waals surface area contributed by atoms with Crippen LogP contribution in [0.25, 0.3) is 0 Å². The first-order valence-electron chi connectivity index (χ1n) is 2.98. The van der Waals surface area contributed by atoms with Gasteiger partial charge in [-0.05, 0) is 5.37 Å². The average Bonchev–Trinajstić information content (AvgIpc) is 2.53. The van der Waals surface area contributed by atoms with E-state index in [2.05, 4.69) is 21.9 Å². The van der Waals surface area contributed by atoms with Crippen molar-refractivity contribution in [2.45, 2.75) is 4.21 Å². The van der Waals surface area contributed by atoms with Gasteiger partial charge in [-0.1, -0.05) is 12.2 Å². The van der Waals surface area contributed by atoms with E-state index in [4.69, 9.17) is 0 Å². The van der Waals surface area contributed by atoms with E-state index in [0.717, 1.165) is 11.3 Å². The summed E-state index contributed by atoms with van der Waals surface area (Å²) in [4.78, 5) is 3.66. The summed E-state index contributed by atoms with van der Waals surface area (Å²) < 4.78 is 25.0. The van der Waals surface area contributed by atoms with E-state index in [-0.39, 0.29) is 10.8 Å². The van der Waals surface area contributed by atoms with Crippen LogP contribution in [0.15, 0.2) is 15.9 Å². The molecule has 1 rings (SSSR count). The van der Waals surface area contributed by atoms with Crippen LogP contribution in [0.4, 0.5) is 0 Å². The van der Waals surface area contributed by atoms with Crippen molar-refractivity contribution in [2.75, 3.05) is 6.54 Å². The van der Waals surface area contributed by atoms with Gasteiger partial charge in [-0.25, -0.2) is 13.1 Å². The molecule has 1 aromatic heterocycles. The minimum Gasteiger partial charge on any atom is -0.252 e. The Morgan fingerprint density at radius 2 is 2.50 bits per heavy atom. The number of sulfonamides is 1. The normalized spacial score (nSPS) is 11.3. The lowest BCUT2D eigenvalue weighted by Gasteiger charge is -1.98. The minimum atomic E-state index is -3.37. The molecule has 0 saturated heterocycles. The Morgan fingerprint density at radius 3 is 3.00 bits per heavy atom. The molecular weight excluding hydrogens is 216 g/mol. The van der Waals surface area contributed by atoms with E-state index in [1.807, 2.05) is 0 Å². The van der Waals surface area contributed by atoms with Crippen molar-refractivity contribution in [1.29, 1.82) is 0 Å². The van der Waals surface area contributed by atoms with Gasteiger partial charge < -0.3 is 0 Å². The summed E-state index contributed by atoms with van der Waals surface area (Å²) in [6.07, 6.45) is 1.30. The molecular formula is C5H6N2O2S3. The second-order valence-electron chi connectivity index (χ2n) is 1.84. The lowest BCUT2D eigenvalue weighted by molar-refractivity contribution is 0.588. The fourth-order valence-electron chi connectivity index (χ4n) is 0.552. The molecule has 66 valence electrons. The quantitative estimate of drug-likeness (QED) is 0.750. The number of hydrogen-bond acceptors (Lipinski definition) is 5.